The van der Waals surface area contributed by atoms with E-state index in [-0.39, 0.29) is 23.8 Å². The Hall–Kier alpha value is -4.97. The maximum atomic E-state index is 14.1. The van der Waals surface area contributed by atoms with Crippen LogP contribution in [-0.2, 0) is 6.42 Å². The first-order valence-electron chi connectivity index (χ1n) is 15.4. The molecule has 5 aromatic rings. The number of nitrogens with one attached hydrogen (secondary N) is 1. The van der Waals surface area contributed by atoms with Crippen LogP contribution in [0.3, 0.4) is 0 Å². The van der Waals surface area contributed by atoms with Crippen molar-refractivity contribution in [1.82, 2.24) is 15.1 Å². The quantitative estimate of drug-likeness (QED) is 0.195. The second kappa shape index (κ2) is 12.0. The van der Waals surface area contributed by atoms with Gasteiger partial charge in [0.05, 0.1) is 35.0 Å². The second-order valence-electron chi connectivity index (χ2n) is 11.8. The highest BCUT2D eigenvalue weighted by Gasteiger charge is 2.37. The molecule has 1 heterocycles. The number of hydrogen-bond donors (Lipinski definition) is 1. The average molecular weight is 583 g/mol. The van der Waals surface area contributed by atoms with E-state index >= 15 is 0 Å². The third-order valence-electron chi connectivity index (χ3n) is 9.18. The zero-order valence-electron chi connectivity index (χ0n) is 24.7. The van der Waals surface area contributed by atoms with Crippen molar-refractivity contribution < 1.29 is 9.18 Å². The van der Waals surface area contributed by atoms with Gasteiger partial charge in [-0.05, 0) is 79.3 Å². The predicted octanol–water partition coefficient (Wildman–Crippen LogP) is 9.06. The normalized spacial score (nSPS) is 18.0. The van der Waals surface area contributed by atoms with E-state index in [4.69, 9.17) is 5.10 Å². The van der Waals surface area contributed by atoms with Crippen LogP contribution in [-0.4, -0.2) is 15.8 Å². The molecule has 5 nitrogen and oxygen atoms in total. The van der Waals surface area contributed by atoms with Crippen molar-refractivity contribution >= 4 is 17.4 Å². The smallest absolute Gasteiger partial charge is 0.326 e. The number of hydrogen-bond acceptors (Lipinski definition) is 2. The van der Waals surface area contributed by atoms with Crippen LogP contribution in [0.5, 0.6) is 0 Å². The summed E-state index contributed by atoms with van der Waals surface area (Å²) in [6, 6.07) is 36.2. The Balaban J connectivity index is 1.17. The van der Waals surface area contributed by atoms with Gasteiger partial charge in [0.15, 0.2) is 0 Å². The molecule has 0 fully saturated rings. The molecular formula is C38H35FN4O. The van der Waals surface area contributed by atoms with Crippen LogP contribution in [0.2, 0.25) is 0 Å². The first kappa shape index (κ1) is 27.8. The van der Waals surface area contributed by atoms with Gasteiger partial charge >= 0.3 is 6.03 Å². The molecule has 0 saturated carbocycles. The van der Waals surface area contributed by atoms with Gasteiger partial charge in [-0.15, -0.1) is 0 Å². The Kier molecular flexibility index (Phi) is 7.57. The number of halogens is 1. The lowest BCUT2D eigenvalue weighted by Crippen LogP contribution is -2.39. The lowest BCUT2D eigenvalue weighted by atomic mass is 9.78. The van der Waals surface area contributed by atoms with Gasteiger partial charge in [0.2, 0.25) is 0 Å². The minimum atomic E-state index is -0.248. The number of rotatable bonds is 7. The van der Waals surface area contributed by atoms with E-state index in [9.17, 15) is 9.18 Å². The van der Waals surface area contributed by atoms with Crippen molar-refractivity contribution in [2.24, 2.45) is 5.92 Å². The number of urea groups is 1. The third-order valence-corrected chi connectivity index (χ3v) is 9.18. The van der Waals surface area contributed by atoms with Gasteiger partial charge in [-0.3, -0.25) is 4.90 Å². The first-order valence-corrected chi connectivity index (χ1v) is 15.4. The molecule has 0 saturated heterocycles. The van der Waals surface area contributed by atoms with E-state index in [1.54, 1.807) is 17.0 Å². The zero-order chi connectivity index (χ0) is 30.0. The van der Waals surface area contributed by atoms with Crippen LogP contribution in [0.1, 0.15) is 55.0 Å². The third kappa shape index (κ3) is 5.32. The van der Waals surface area contributed by atoms with Crippen LogP contribution in [0.15, 0.2) is 133 Å². The molecule has 7 rings (SSSR count). The highest BCUT2D eigenvalue weighted by molar-refractivity contribution is 5.99. The van der Waals surface area contributed by atoms with Crippen molar-refractivity contribution in [1.29, 1.82) is 0 Å². The summed E-state index contributed by atoms with van der Waals surface area (Å²) in [5, 5.41) is 8.16. The largest absolute Gasteiger partial charge is 0.331 e. The van der Waals surface area contributed by atoms with Crippen LogP contribution in [0, 0.1) is 11.7 Å². The zero-order valence-corrected chi connectivity index (χ0v) is 24.7. The molecule has 44 heavy (non-hydrogen) atoms. The molecule has 1 N–H and O–H groups in total. The summed E-state index contributed by atoms with van der Waals surface area (Å²) >= 11 is 0. The molecule has 6 heteroatoms. The average Bonchev–Trinajstić information content (AvgIpc) is 3.68. The van der Waals surface area contributed by atoms with Crippen LogP contribution in [0.25, 0.3) is 5.69 Å². The molecule has 2 amide bonds. The Bertz CT molecular complexity index is 1740. The molecule has 220 valence electrons. The molecule has 2 aliphatic rings. The monoisotopic (exact) mass is 582 g/mol. The fourth-order valence-corrected chi connectivity index (χ4v) is 7.13. The summed E-state index contributed by atoms with van der Waals surface area (Å²) in [5.41, 5.74) is 9.02. The highest BCUT2D eigenvalue weighted by Crippen LogP contribution is 2.49. The van der Waals surface area contributed by atoms with Gasteiger partial charge in [0.1, 0.15) is 5.82 Å². The predicted molar refractivity (Wildman–Crippen MR) is 173 cm³/mol. The molecule has 2 aliphatic carbocycles. The number of anilines is 2. The van der Waals surface area contributed by atoms with Crippen molar-refractivity contribution in [2.45, 2.75) is 44.6 Å². The number of carbonyl (C=O) groups excluding carboxylic acids is 1. The number of aromatic nitrogens is 2. The van der Waals surface area contributed by atoms with Crippen LogP contribution < -0.4 is 10.2 Å². The van der Waals surface area contributed by atoms with Crippen LogP contribution in [0.4, 0.5) is 20.6 Å². The SMILES string of the molecule is C[C@@H]1C2=C(CC[C@@H]2CC(NC(=O)N(c2ccccc2)c2ccccc2)c2ccccc2)Cc2c1cnn2-c1ccc(F)cc1. The molecular weight excluding hydrogens is 547 g/mol. The van der Waals surface area contributed by atoms with Crippen molar-refractivity contribution in [3.8, 4) is 5.69 Å². The number of benzene rings is 4. The number of carbonyl (C=O) groups is 1. The van der Waals surface area contributed by atoms with E-state index in [1.165, 1.54) is 34.5 Å². The summed E-state index contributed by atoms with van der Waals surface area (Å²) in [7, 11) is 0. The van der Waals surface area contributed by atoms with Crippen molar-refractivity contribution in [3.05, 3.63) is 155 Å². The second-order valence-corrected chi connectivity index (χ2v) is 11.8. The lowest BCUT2D eigenvalue weighted by molar-refractivity contribution is 0.242. The number of allylic oxidation sites excluding steroid dienone is 2. The minimum Gasteiger partial charge on any atom is -0.331 e. The van der Waals surface area contributed by atoms with Gasteiger partial charge < -0.3 is 5.32 Å². The summed E-state index contributed by atoms with van der Waals surface area (Å²) in [5.74, 6) is 0.324. The van der Waals surface area contributed by atoms with E-state index in [1.807, 2.05) is 89.7 Å². The molecule has 1 unspecified atom stereocenters. The molecule has 0 aliphatic heterocycles. The summed E-state index contributed by atoms with van der Waals surface area (Å²) in [4.78, 5) is 15.9. The minimum absolute atomic E-state index is 0.150. The molecule has 0 bridgehead atoms. The van der Waals surface area contributed by atoms with E-state index in [0.717, 1.165) is 48.3 Å². The van der Waals surface area contributed by atoms with Crippen LogP contribution >= 0.6 is 0 Å². The fraction of sp³-hybridized carbons (Fsp3) is 0.211. The van der Waals surface area contributed by atoms with E-state index in [2.05, 4.69) is 24.4 Å². The van der Waals surface area contributed by atoms with Gasteiger partial charge in [0, 0.05) is 17.9 Å². The lowest BCUT2D eigenvalue weighted by Gasteiger charge is -2.31. The number of nitrogens with zero attached hydrogens (tertiary/aromatic N) is 3. The maximum absolute atomic E-state index is 14.1. The Morgan fingerprint density at radius 2 is 1.52 bits per heavy atom. The maximum Gasteiger partial charge on any atom is 0.326 e. The van der Waals surface area contributed by atoms with Gasteiger partial charge in [-0.2, -0.15) is 5.10 Å². The van der Waals surface area contributed by atoms with Gasteiger partial charge in [-0.1, -0.05) is 84.8 Å². The van der Waals surface area contributed by atoms with Gasteiger partial charge in [-0.25, -0.2) is 13.9 Å². The summed E-state index contributed by atoms with van der Waals surface area (Å²) in [6.45, 7) is 2.28. The molecule has 3 atom stereocenters. The Morgan fingerprint density at radius 1 is 0.909 bits per heavy atom. The number of fused-ring (bicyclic) bond motifs is 1. The molecule has 1 aromatic heterocycles. The van der Waals surface area contributed by atoms with Crippen molar-refractivity contribution in [3.63, 3.8) is 0 Å². The molecule has 4 aromatic carbocycles. The standard InChI is InChI=1S/C38H35FN4O/c1-26-34-25-40-43(33-21-19-30(39)20-22-33)36(34)24-29-18-17-28(37(26)29)23-35(27-11-5-2-6-12-27)41-38(44)42(31-13-7-3-8-14-31)32-15-9-4-10-16-32/h2-16,19-22,25-26,28,35H,17-18,23-24H2,1H3,(H,41,44)/t26-,28+,35?/m0/s1. The number of para-hydroxylation sites is 2. The number of amides is 2. The summed E-state index contributed by atoms with van der Waals surface area (Å²) < 4.78 is 15.6. The van der Waals surface area contributed by atoms with E-state index < -0.39 is 0 Å². The summed E-state index contributed by atoms with van der Waals surface area (Å²) in [6.07, 6.45) is 5.74. The van der Waals surface area contributed by atoms with Gasteiger partial charge in [0.25, 0.3) is 0 Å². The van der Waals surface area contributed by atoms with E-state index in [0.29, 0.717) is 5.92 Å². The highest BCUT2D eigenvalue weighted by atomic mass is 19.1. The topological polar surface area (TPSA) is 50.2 Å². The Morgan fingerprint density at radius 3 is 2.16 bits per heavy atom. The molecule has 0 radical (unpaired) electrons. The fourth-order valence-electron chi connectivity index (χ4n) is 7.13. The molecule has 0 spiro atoms. The first-order chi connectivity index (χ1) is 21.6. The Labute approximate surface area is 257 Å². The van der Waals surface area contributed by atoms with Crippen molar-refractivity contribution in [2.75, 3.05) is 4.90 Å².